The molecule has 4 nitrogen and oxygen atoms in total. The molecule has 0 spiro atoms. The number of aryl methyl sites for hydroxylation is 1. The Morgan fingerprint density at radius 2 is 2.20 bits per heavy atom. The molecular formula is C15H25BrN2O2. The van der Waals surface area contributed by atoms with Crippen molar-refractivity contribution in [3.63, 3.8) is 0 Å². The molecule has 1 aromatic rings. The number of hydrogen-bond donors (Lipinski definition) is 1. The zero-order chi connectivity index (χ0) is 15.2. The quantitative estimate of drug-likeness (QED) is 0.784. The maximum absolute atomic E-state index is 12.3. The molecule has 0 atom stereocenters. The summed E-state index contributed by atoms with van der Waals surface area (Å²) in [5.41, 5.74) is 0.742. The van der Waals surface area contributed by atoms with Crippen molar-refractivity contribution in [2.24, 2.45) is 5.41 Å². The van der Waals surface area contributed by atoms with E-state index in [4.69, 9.17) is 4.74 Å². The van der Waals surface area contributed by atoms with Gasteiger partial charge in [-0.15, -0.1) is 0 Å². The van der Waals surface area contributed by atoms with Gasteiger partial charge in [0.15, 0.2) is 0 Å². The van der Waals surface area contributed by atoms with Crippen molar-refractivity contribution in [1.82, 2.24) is 9.88 Å². The molecule has 1 rings (SSSR count). The Bertz CT molecular complexity index is 441. The third-order valence-electron chi connectivity index (χ3n) is 3.27. The topological polar surface area (TPSA) is 43.3 Å². The SMILES string of the molecule is CCCn1cc(Br)cc1C(=O)NCC(C)(C)CCOC. The number of rotatable bonds is 8. The van der Waals surface area contributed by atoms with E-state index < -0.39 is 0 Å². The molecule has 5 heteroatoms. The van der Waals surface area contributed by atoms with Crippen LogP contribution < -0.4 is 5.32 Å². The van der Waals surface area contributed by atoms with Gasteiger partial charge >= 0.3 is 0 Å². The number of amides is 1. The van der Waals surface area contributed by atoms with E-state index in [1.165, 1.54) is 0 Å². The monoisotopic (exact) mass is 344 g/mol. The van der Waals surface area contributed by atoms with E-state index >= 15 is 0 Å². The van der Waals surface area contributed by atoms with Gasteiger partial charge in [-0.3, -0.25) is 4.79 Å². The maximum Gasteiger partial charge on any atom is 0.267 e. The number of carbonyl (C=O) groups excluding carboxylic acids is 1. The minimum atomic E-state index is -0.0189. The third-order valence-corrected chi connectivity index (χ3v) is 3.70. The molecule has 114 valence electrons. The van der Waals surface area contributed by atoms with E-state index in [2.05, 4.69) is 42.0 Å². The number of nitrogens with one attached hydrogen (secondary N) is 1. The minimum absolute atomic E-state index is 0.0189. The summed E-state index contributed by atoms with van der Waals surface area (Å²) in [5.74, 6) is -0.0189. The van der Waals surface area contributed by atoms with Gasteiger partial charge in [-0.2, -0.15) is 0 Å². The summed E-state index contributed by atoms with van der Waals surface area (Å²) in [7, 11) is 1.70. The number of methoxy groups -OCH3 is 1. The summed E-state index contributed by atoms with van der Waals surface area (Å²) in [6.07, 6.45) is 3.87. The predicted octanol–water partition coefficient (Wildman–Crippen LogP) is 3.45. The number of ether oxygens (including phenoxy) is 1. The molecule has 1 aromatic heterocycles. The molecule has 0 bridgehead atoms. The van der Waals surface area contributed by atoms with E-state index in [0.29, 0.717) is 18.8 Å². The fraction of sp³-hybridized carbons (Fsp3) is 0.667. The second kappa shape index (κ2) is 7.84. The first kappa shape index (κ1) is 17.2. The maximum atomic E-state index is 12.3. The van der Waals surface area contributed by atoms with Gasteiger partial charge in [0, 0.05) is 37.5 Å². The van der Waals surface area contributed by atoms with E-state index in [-0.39, 0.29) is 11.3 Å². The second-order valence-corrected chi connectivity index (χ2v) is 6.74. The van der Waals surface area contributed by atoms with Crippen LogP contribution in [0.2, 0.25) is 0 Å². The molecule has 0 aliphatic rings. The summed E-state index contributed by atoms with van der Waals surface area (Å²) in [5, 5.41) is 3.02. The molecule has 0 fully saturated rings. The fourth-order valence-corrected chi connectivity index (χ4v) is 2.43. The van der Waals surface area contributed by atoms with E-state index in [1.807, 2.05) is 16.8 Å². The van der Waals surface area contributed by atoms with Gasteiger partial charge in [-0.25, -0.2) is 0 Å². The van der Waals surface area contributed by atoms with Crippen LogP contribution in [0.4, 0.5) is 0 Å². The smallest absolute Gasteiger partial charge is 0.267 e. The van der Waals surface area contributed by atoms with Crippen molar-refractivity contribution >= 4 is 21.8 Å². The van der Waals surface area contributed by atoms with Gasteiger partial charge in [0.05, 0.1) is 0 Å². The summed E-state index contributed by atoms with van der Waals surface area (Å²) in [4.78, 5) is 12.3. The van der Waals surface area contributed by atoms with Crippen LogP contribution >= 0.6 is 15.9 Å². The summed E-state index contributed by atoms with van der Waals surface area (Å²) in [6, 6.07) is 1.87. The molecule has 0 aromatic carbocycles. The first-order valence-electron chi connectivity index (χ1n) is 7.02. The highest BCUT2D eigenvalue weighted by atomic mass is 79.9. The molecule has 0 saturated heterocycles. The summed E-state index contributed by atoms with van der Waals surface area (Å²) in [6.45, 7) is 8.57. The van der Waals surface area contributed by atoms with Crippen LogP contribution in [0, 0.1) is 5.41 Å². The Morgan fingerprint density at radius 3 is 2.80 bits per heavy atom. The molecule has 0 unspecified atom stereocenters. The lowest BCUT2D eigenvalue weighted by atomic mass is 9.89. The zero-order valence-electron chi connectivity index (χ0n) is 12.8. The summed E-state index contributed by atoms with van der Waals surface area (Å²) < 4.78 is 8.03. The van der Waals surface area contributed by atoms with Crippen LogP contribution in [-0.4, -0.2) is 30.7 Å². The molecule has 1 N–H and O–H groups in total. The molecule has 0 aliphatic carbocycles. The highest BCUT2D eigenvalue weighted by Gasteiger charge is 2.20. The van der Waals surface area contributed by atoms with Crippen LogP contribution in [0.15, 0.2) is 16.7 Å². The number of hydrogen-bond acceptors (Lipinski definition) is 2. The lowest BCUT2D eigenvalue weighted by Gasteiger charge is -2.24. The van der Waals surface area contributed by atoms with Gasteiger partial charge < -0.3 is 14.6 Å². The molecule has 1 amide bonds. The molecule has 1 heterocycles. The number of aromatic nitrogens is 1. The molecule has 0 aliphatic heterocycles. The Hall–Kier alpha value is -0.810. The van der Waals surface area contributed by atoms with Gasteiger partial charge in [0.25, 0.3) is 5.91 Å². The number of nitrogens with zero attached hydrogens (tertiary/aromatic N) is 1. The average molecular weight is 345 g/mol. The largest absolute Gasteiger partial charge is 0.385 e. The highest BCUT2D eigenvalue weighted by Crippen LogP contribution is 2.20. The Balaban J connectivity index is 2.62. The normalized spacial score (nSPS) is 11.7. The van der Waals surface area contributed by atoms with Crippen molar-refractivity contribution in [2.45, 2.75) is 40.2 Å². The van der Waals surface area contributed by atoms with Crippen LogP contribution in [0.1, 0.15) is 44.1 Å². The van der Waals surface area contributed by atoms with Gasteiger partial charge in [0.2, 0.25) is 0 Å². The van der Waals surface area contributed by atoms with Crippen molar-refractivity contribution in [3.8, 4) is 0 Å². The van der Waals surface area contributed by atoms with Crippen molar-refractivity contribution in [1.29, 1.82) is 0 Å². The van der Waals surface area contributed by atoms with Crippen molar-refractivity contribution in [3.05, 3.63) is 22.4 Å². The standard InChI is InChI=1S/C15H25BrN2O2/c1-5-7-18-10-12(16)9-13(18)14(19)17-11-15(2,3)6-8-20-4/h9-10H,5-8,11H2,1-4H3,(H,17,19). The highest BCUT2D eigenvalue weighted by molar-refractivity contribution is 9.10. The Kier molecular flexibility index (Phi) is 6.76. The molecule has 20 heavy (non-hydrogen) atoms. The van der Waals surface area contributed by atoms with Crippen molar-refractivity contribution in [2.75, 3.05) is 20.3 Å². The number of halogens is 1. The predicted molar refractivity (Wildman–Crippen MR) is 85.0 cm³/mol. The third kappa shape index (κ3) is 5.29. The minimum Gasteiger partial charge on any atom is -0.385 e. The van der Waals surface area contributed by atoms with Crippen LogP contribution in [0.3, 0.4) is 0 Å². The zero-order valence-corrected chi connectivity index (χ0v) is 14.4. The van der Waals surface area contributed by atoms with Gasteiger partial charge in [0.1, 0.15) is 5.69 Å². The van der Waals surface area contributed by atoms with Crippen LogP contribution in [-0.2, 0) is 11.3 Å². The fourth-order valence-electron chi connectivity index (χ4n) is 1.97. The first-order chi connectivity index (χ1) is 9.39. The molecule has 0 saturated carbocycles. The Labute approximate surface area is 130 Å². The summed E-state index contributed by atoms with van der Waals surface area (Å²) >= 11 is 3.43. The molecule has 0 radical (unpaired) electrons. The Morgan fingerprint density at radius 1 is 1.50 bits per heavy atom. The van der Waals surface area contributed by atoms with E-state index in [0.717, 1.165) is 23.9 Å². The molecular weight excluding hydrogens is 320 g/mol. The van der Waals surface area contributed by atoms with E-state index in [1.54, 1.807) is 7.11 Å². The lowest BCUT2D eigenvalue weighted by molar-refractivity contribution is 0.0911. The van der Waals surface area contributed by atoms with Crippen molar-refractivity contribution < 1.29 is 9.53 Å². The van der Waals surface area contributed by atoms with E-state index in [9.17, 15) is 4.79 Å². The van der Waals surface area contributed by atoms with Crippen LogP contribution in [0.5, 0.6) is 0 Å². The van der Waals surface area contributed by atoms with Crippen LogP contribution in [0.25, 0.3) is 0 Å². The lowest BCUT2D eigenvalue weighted by Crippen LogP contribution is -2.35. The first-order valence-corrected chi connectivity index (χ1v) is 7.81. The van der Waals surface area contributed by atoms with Gasteiger partial charge in [-0.05, 0) is 40.3 Å². The second-order valence-electron chi connectivity index (χ2n) is 5.83. The van der Waals surface area contributed by atoms with Gasteiger partial charge in [-0.1, -0.05) is 20.8 Å². The number of carbonyl (C=O) groups is 1. The average Bonchev–Trinajstić information content (AvgIpc) is 2.75.